The van der Waals surface area contributed by atoms with E-state index in [-0.39, 0.29) is 17.7 Å². The number of rotatable bonds is 6. The van der Waals surface area contributed by atoms with Crippen LogP contribution in [0.3, 0.4) is 0 Å². The van der Waals surface area contributed by atoms with Gasteiger partial charge >= 0.3 is 0 Å². The minimum atomic E-state index is -1.30. The fourth-order valence-electron chi connectivity index (χ4n) is 4.14. The molecule has 14 heteroatoms. The molecule has 1 saturated heterocycles. The van der Waals surface area contributed by atoms with Gasteiger partial charge < -0.3 is 31.1 Å². The smallest absolute Gasteiger partial charge is 0.270 e. The van der Waals surface area contributed by atoms with Gasteiger partial charge in [-0.15, -0.1) is 5.10 Å². The van der Waals surface area contributed by atoms with Crippen molar-refractivity contribution in [2.75, 3.05) is 11.9 Å². The fourth-order valence-corrected chi connectivity index (χ4v) is 4.14. The molecule has 1 amide bonds. The van der Waals surface area contributed by atoms with E-state index in [0.717, 1.165) is 25.7 Å². The summed E-state index contributed by atoms with van der Waals surface area (Å²) in [6.07, 6.45) is 2.41. The van der Waals surface area contributed by atoms with Gasteiger partial charge in [-0.3, -0.25) is 9.36 Å². The van der Waals surface area contributed by atoms with E-state index in [1.54, 1.807) is 0 Å². The molecule has 1 aliphatic heterocycles. The van der Waals surface area contributed by atoms with Gasteiger partial charge in [0.15, 0.2) is 28.9 Å². The number of hydrogen-bond acceptors (Lipinski definition) is 11. The zero-order valence-corrected chi connectivity index (χ0v) is 16.9. The molecule has 0 unspecified atom stereocenters. The first-order valence-electron chi connectivity index (χ1n) is 10.3. The highest BCUT2D eigenvalue weighted by atomic mass is 16.6. The number of amides is 1. The molecule has 4 atom stereocenters. The number of carbonyl (C=O) groups excluding carboxylic acids is 1. The van der Waals surface area contributed by atoms with Crippen LogP contribution in [0.5, 0.6) is 0 Å². The maximum Gasteiger partial charge on any atom is 0.270 e. The van der Waals surface area contributed by atoms with E-state index in [0.29, 0.717) is 17.0 Å². The number of carbonyl (C=O) groups is 1. The Kier molecular flexibility index (Phi) is 5.21. The third-order valence-corrected chi connectivity index (χ3v) is 5.85. The average Bonchev–Trinajstić information content (AvgIpc) is 3.56. The summed E-state index contributed by atoms with van der Waals surface area (Å²) in [6.45, 7) is -0.453. The molecular weight excluding hydrogens is 422 g/mol. The number of ether oxygens (including phenoxy) is 1. The molecule has 5 rings (SSSR count). The van der Waals surface area contributed by atoms with Crippen LogP contribution in [0.1, 0.15) is 42.4 Å². The summed E-state index contributed by atoms with van der Waals surface area (Å²) in [5.74, 6) is -0.178. The lowest BCUT2D eigenvalue weighted by molar-refractivity contribution is -0.0511. The maximum absolute atomic E-state index is 11.4. The van der Waals surface area contributed by atoms with E-state index in [4.69, 9.17) is 10.5 Å². The summed E-state index contributed by atoms with van der Waals surface area (Å²) in [7, 11) is 0. The van der Waals surface area contributed by atoms with Crippen molar-refractivity contribution in [2.45, 2.75) is 56.3 Å². The average molecular weight is 445 g/mol. The van der Waals surface area contributed by atoms with Crippen molar-refractivity contribution < 1.29 is 24.9 Å². The van der Waals surface area contributed by atoms with Gasteiger partial charge in [0.25, 0.3) is 11.9 Å². The van der Waals surface area contributed by atoms with Crippen molar-refractivity contribution in [3.63, 3.8) is 0 Å². The molecule has 4 heterocycles. The number of hydrogen-bond donors (Lipinski definition) is 5. The molecule has 0 bridgehead atoms. The number of nitrogens with one attached hydrogen (secondary N) is 1. The highest BCUT2D eigenvalue weighted by Gasteiger charge is 2.44. The van der Waals surface area contributed by atoms with Gasteiger partial charge in [0.1, 0.15) is 18.3 Å². The molecule has 1 saturated carbocycles. The van der Waals surface area contributed by atoms with Crippen molar-refractivity contribution in [1.29, 1.82) is 0 Å². The van der Waals surface area contributed by atoms with Crippen LogP contribution in [0.15, 0.2) is 12.5 Å². The Balaban J connectivity index is 1.61. The normalized spacial score (nSPS) is 26.2. The number of aliphatic hydroxyl groups is 3. The van der Waals surface area contributed by atoms with E-state index < -0.39 is 37.1 Å². The molecule has 1 aliphatic carbocycles. The molecule has 32 heavy (non-hydrogen) atoms. The molecule has 14 nitrogen and oxygen atoms in total. The lowest BCUT2D eigenvalue weighted by atomic mass is 10.1. The Labute approximate surface area is 181 Å². The van der Waals surface area contributed by atoms with E-state index >= 15 is 0 Å². The first-order valence-corrected chi connectivity index (χ1v) is 10.3. The first kappa shape index (κ1) is 20.7. The highest BCUT2D eigenvalue weighted by molar-refractivity contribution is 5.90. The second-order valence-corrected chi connectivity index (χ2v) is 7.96. The Morgan fingerprint density at radius 1 is 1.25 bits per heavy atom. The lowest BCUT2D eigenvalue weighted by Gasteiger charge is -2.17. The summed E-state index contributed by atoms with van der Waals surface area (Å²) in [5, 5.41) is 41.0. The van der Waals surface area contributed by atoms with Crippen molar-refractivity contribution in [1.82, 2.24) is 34.5 Å². The summed E-state index contributed by atoms with van der Waals surface area (Å²) < 4.78 is 8.32. The predicted molar refractivity (Wildman–Crippen MR) is 108 cm³/mol. The zero-order chi connectivity index (χ0) is 22.4. The van der Waals surface area contributed by atoms with Gasteiger partial charge in [0, 0.05) is 6.04 Å². The SMILES string of the molecule is NC(=O)c1cn(-c2nc(NC3CCCC3)c3ncn([C@@H]4O[C@H](CO)[C@@H](O)[C@H]4O)c3n2)nn1. The largest absolute Gasteiger partial charge is 0.394 e. The zero-order valence-electron chi connectivity index (χ0n) is 16.9. The van der Waals surface area contributed by atoms with Gasteiger partial charge in [-0.05, 0) is 12.8 Å². The molecule has 170 valence electrons. The quantitative estimate of drug-likeness (QED) is 0.295. The summed E-state index contributed by atoms with van der Waals surface area (Å²) >= 11 is 0. The number of imidazole rings is 1. The van der Waals surface area contributed by atoms with Crippen LogP contribution in [0, 0.1) is 0 Å². The van der Waals surface area contributed by atoms with Crippen LogP contribution in [0.4, 0.5) is 5.82 Å². The van der Waals surface area contributed by atoms with E-state index in [9.17, 15) is 20.1 Å². The van der Waals surface area contributed by atoms with Crippen molar-refractivity contribution in [3.05, 3.63) is 18.2 Å². The van der Waals surface area contributed by atoms with Gasteiger partial charge in [-0.2, -0.15) is 14.6 Å². The third-order valence-electron chi connectivity index (χ3n) is 5.85. The Morgan fingerprint density at radius 3 is 2.69 bits per heavy atom. The van der Waals surface area contributed by atoms with Crippen LogP contribution < -0.4 is 11.1 Å². The molecular formula is C18H23N9O5. The number of aromatic nitrogens is 7. The fraction of sp³-hybridized carbons (Fsp3) is 0.556. The second-order valence-electron chi connectivity index (χ2n) is 7.96. The molecule has 2 aliphatic rings. The first-order chi connectivity index (χ1) is 15.5. The predicted octanol–water partition coefficient (Wildman–Crippen LogP) is -1.53. The standard InChI is InChI=1S/C18H23N9O5/c19-14(31)9-5-27(25-24-9)18-22-15(21-8-3-1-2-4-8)11-16(23-18)26(7-20-11)17-13(30)12(29)10(6-28)32-17/h5,7-8,10,12-13,17,28-30H,1-4,6H2,(H2,19,31)(H,21,22,23)/t10-,12-,13-,17-/m1/s1. The van der Waals surface area contributed by atoms with E-state index in [1.165, 1.54) is 21.8 Å². The van der Waals surface area contributed by atoms with E-state index in [1.807, 2.05) is 0 Å². The molecule has 0 aromatic carbocycles. The number of nitrogens with zero attached hydrogens (tertiary/aromatic N) is 7. The maximum atomic E-state index is 11.4. The van der Waals surface area contributed by atoms with Gasteiger partial charge in [0.2, 0.25) is 0 Å². The minimum Gasteiger partial charge on any atom is -0.394 e. The van der Waals surface area contributed by atoms with Crippen molar-refractivity contribution >= 4 is 22.9 Å². The molecule has 3 aromatic heterocycles. The minimum absolute atomic E-state index is 0.0454. The topological polar surface area (TPSA) is 199 Å². The Morgan fingerprint density at radius 2 is 2.03 bits per heavy atom. The van der Waals surface area contributed by atoms with Crippen LogP contribution in [-0.2, 0) is 4.74 Å². The Bertz CT molecular complexity index is 1140. The second kappa shape index (κ2) is 8.05. The number of anilines is 1. The summed E-state index contributed by atoms with van der Waals surface area (Å²) in [4.78, 5) is 24.8. The summed E-state index contributed by atoms with van der Waals surface area (Å²) in [6, 6.07) is 0.219. The number of nitrogens with two attached hydrogens (primary N) is 1. The molecule has 6 N–H and O–H groups in total. The molecule has 0 radical (unpaired) electrons. The van der Waals surface area contributed by atoms with Gasteiger partial charge in [-0.1, -0.05) is 18.1 Å². The molecule has 3 aromatic rings. The van der Waals surface area contributed by atoms with Gasteiger partial charge in [0.05, 0.1) is 19.1 Å². The van der Waals surface area contributed by atoms with Crippen molar-refractivity contribution in [2.24, 2.45) is 5.73 Å². The van der Waals surface area contributed by atoms with Crippen LogP contribution in [-0.4, -0.2) is 86.7 Å². The lowest BCUT2D eigenvalue weighted by Crippen LogP contribution is -2.33. The highest BCUT2D eigenvalue weighted by Crippen LogP contribution is 2.33. The monoisotopic (exact) mass is 445 g/mol. The van der Waals surface area contributed by atoms with Crippen LogP contribution in [0.2, 0.25) is 0 Å². The number of primary amides is 1. The molecule has 2 fully saturated rings. The van der Waals surface area contributed by atoms with Gasteiger partial charge in [-0.25, -0.2) is 4.98 Å². The molecule has 0 spiro atoms. The Hall–Kier alpha value is -3.20. The summed E-state index contributed by atoms with van der Waals surface area (Å²) in [5.41, 5.74) is 5.97. The van der Waals surface area contributed by atoms with Crippen LogP contribution >= 0.6 is 0 Å². The number of fused-ring (bicyclic) bond motifs is 1. The van der Waals surface area contributed by atoms with E-state index in [2.05, 4.69) is 30.6 Å². The van der Waals surface area contributed by atoms with Crippen LogP contribution in [0.25, 0.3) is 17.1 Å². The van der Waals surface area contributed by atoms with Crippen molar-refractivity contribution in [3.8, 4) is 5.95 Å². The number of aliphatic hydroxyl groups excluding tert-OH is 3. The third kappa shape index (κ3) is 3.46.